The van der Waals surface area contributed by atoms with E-state index in [1.165, 1.54) is 13.2 Å². The van der Waals surface area contributed by atoms with Gasteiger partial charge >= 0.3 is 6.03 Å². The smallest absolute Gasteiger partial charge is 0.316 e. The minimum atomic E-state index is -4.30. The monoisotopic (exact) mass is 467 g/mol. The van der Waals surface area contributed by atoms with E-state index in [2.05, 4.69) is 5.32 Å². The molecule has 4 N–H and O–H groups in total. The molecular weight excluding hydrogens is 446 g/mol. The van der Waals surface area contributed by atoms with Crippen LogP contribution in [0.4, 0.5) is 10.5 Å². The second kappa shape index (κ2) is 9.96. The Bertz CT molecular complexity index is 1310. The van der Waals surface area contributed by atoms with Crippen molar-refractivity contribution in [1.82, 2.24) is 4.72 Å². The van der Waals surface area contributed by atoms with Crippen LogP contribution in [-0.4, -0.2) is 33.8 Å². The fraction of sp³-hybridized carbons (Fsp3) is 0.0870. The van der Waals surface area contributed by atoms with Gasteiger partial charge in [-0.15, -0.1) is 0 Å². The van der Waals surface area contributed by atoms with Gasteiger partial charge in [0.05, 0.1) is 24.0 Å². The second-order valence-corrected chi connectivity index (χ2v) is 8.65. The van der Waals surface area contributed by atoms with Crippen LogP contribution in [0.15, 0.2) is 71.6 Å². The molecule has 3 amide bonds. The minimum Gasteiger partial charge on any atom is -0.495 e. The summed E-state index contributed by atoms with van der Waals surface area (Å²) in [7, 11) is -2.96. The summed E-state index contributed by atoms with van der Waals surface area (Å²) >= 11 is 0. The van der Waals surface area contributed by atoms with Crippen molar-refractivity contribution in [2.45, 2.75) is 11.3 Å². The Labute approximate surface area is 190 Å². The van der Waals surface area contributed by atoms with Crippen molar-refractivity contribution >= 4 is 33.9 Å². The van der Waals surface area contributed by atoms with Crippen LogP contribution in [0.1, 0.15) is 15.9 Å². The highest BCUT2D eigenvalue weighted by molar-refractivity contribution is 7.90. The maximum Gasteiger partial charge on any atom is 0.316 e. The van der Waals surface area contributed by atoms with Crippen LogP contribution in [0, 0.1) is 0 Å². The number of rotatable bonds is 8. The lowest BCUT2D eigenvalue weighted by atomic mass is 10.0. The molecule has 0 aliphatic carbocycles. The maximum atomic E-state index is 12.9. The standard InChI is InChI=1S/C23H21N3O6S/c1-32-22-17(14-27)12-19(13-20(22)16-8-5-9-18(11-16)25-23(24)29)33(30,31)26-21(28)10-15-6-3-2-4-7-15/h2-9,11-14H,10H2,1H3,(H,26,28)(H3,24,25,29). The minimum absolute atomic E-state index is 0.0286. The lowest BCUT2D eigenvalue weighted by Crippen LogP contribution is -2.32. The molecule has 10 heteroatoms. The molecule has 3 aromatic carbocycles. The summed E-state index contributed by atoms with van der Waals surface area (Å²) in [5, 5.41) is 2.43. The largest absolute Gasteiger partial charge is 0.495 e. The number of methoxy groups -OCH3 is 1. The van der Waals surface area contributed by atoms with Gasteiger partial charge in [-0.2, -0.15) is 0 Å². The number of ether oxygens (including phenoxy) is 1. The molecule has 33 heavy (non-hydrogen) atoms. The molecule has 9 nitrogen and oxygen atoms in total. The normalized spacial score (nSPS) is 10.8. The van der Waals surface area contributed by atoms with Crippen molar-refractivity contribution in [2.75, 3.05) is 12.4 Å². The van der Waals surface area contributed by atoms with Gasteiger partial charge in [-0.05, 0) is 35.4 Å². The molecule has 3 aromatic rings. The SMILES string of the molecule is COc1c(C=O)cc(S(=O)(=O)NC(=O)Cc2ccccc2)cc1-c1cccc(NC(N)=O)c1. The molecule has 0 heterocycles. The van der Waals surface area contributed by atoms with Crippen molar-refractivity contribution in [3.63, 3.8) is 0 Å². The number of nitrogens with two attached hydrogens (primary N) is 1. The van der Waals surface area contributed by atoms with E-state index < -0.39 is 22.0 Å². The van der Waals surface area contributed by atoms with E-state index in [1.54, 1.807) is 54.6 Å². The summed E-state index contributed by atoms with van der Waals surface area (Å²) < 4.78 is 33.2. The van der Waals surface area contributed by atoms with Crippen molar-refractivity contribution in [3.05, 3.63) is 77.9 Å². The molecule has 3 rings (SSSR count). The van der Waals surface area contributed by atoms with Crippen LogP contribution in [0.5, 0.6) is 5.75 Å². The van der Waals surface area contributed by atoms with Crippen LogP contribution in [0.25, 0.3) is 11.1 Å². The van der Waals surface area contributed by atoms with Crippen LogP contribution in [-0.2, 0) is 21.2 Å². The predicted octanol–water partition coefficient (Wildman–Crippen LogP) is 2.71. The Morgan fingerprint density at radius 2 is 1.76 bits per heavy atom. The van der Waals surface area contributed by atoms with E-state index in [1.807, 2.05) is 4.72 Å². The predicted molar refractivity (Wildman–Crippen MR) is 122 cm³/mol. The number of benzene rings is 3. The number of nitrogens with one attached hydrogen (secondary N) is 2. The summed E-state index contributed by atoms with van der Waals surface area (Å²) in [4.78, 5) is 34.9. The number of carbonyl (C=O) groups excluding carboxylic acids is 3. The number of carbonyl (C=O) groups is 3. The first-order valence-corrected chi connectivity index (χ1v) is 11.2. The first kappa shape index (κ1) is 23.5. The quantitative estimate of drug-likeness (QED) is 0.435. The lowest BCUT2D eigenvalue weighted by Gasteiger charge is -2.15. The molecule has 0 aromatic heterocycles. The van der Waals surface area contributed by atoms with Gasteiger partial charge in [0.1, 0.15) is 5.75 Å². The molecule has 0 radical (unpaired) electrons. The number of amides is 3. The molecular formula is C23H21N3O6S. The van der Waals surface area contributed by atoms with Gasteiger partial charge in [0.15, 0.2) is 6.29 Å². The fourth-order valence-corrected chi connectivity index (χ4v) is 4.29. The Morgan fingerprint density at radius 3 is 2.39 bits per heavy atom. The second-order valence-electron chi connectivity index (χ2n) is 6.97. The van der Waals surface area contributed by atoms with Gasteiger partial charge in [-0.3, -0.25) is 9.59 Å². The highest BCUT2D eigenvalue weighted by Gasteiger charge is 2.23. The van der Waals surface area contributed by atoms with E-state index in [9.17, 15) is 22.8 Å². The molecule has 0 aliphatic rings. The molecule has 0 saturated heterocycles. The van der Waals surface area contributed by atoms with E-state index in [0.29, 0.717) is 23.1 Å². The van der Waals surface area contributed by atoms with Crippen LogP contribution < -0.4 is 20.5 Å². The maximum absolute atomic E-state index is 12.9. The number of urea groups is 1. The molecule has 0 unspecified atom stereocenters. The zero-order valence-corrected chi connectivity index (χ0v) is 18.4. The first-order valence-electron chi connectivity index (χ1n) is 9.67. The average molecular weight is 468 g/mol. The Morgan fingerprint density at radius 1 is 1.03 bits per heavy atom. The Balaban J connectivity index is 2.02. The van der Waals surface area contributed by atoms with E-state index >= 15 is 0 Å². The molecule has 0 aliphatic heterocycles. The van der Waals surface area contributed by atoms with E-state index in [0.717, 1.165) is 6.07 Å². The summed E-state index contributed by atoms with van der Waals surface area (Å²) in [6.07, 6.45) is 0.323. The number of anilines is 1. The average Bonchev–Trinajstić information content (AvgIpc) is 2.78. The molecule has 0 saturated carbocycles. The Hall–Kier alpha value is -4.18. The van der Waals surface area contributed by atoms with Crippen molar-refractivity contribution < 1.29 is 27.5 Å². The molecule has 0 atom stereocenters. The summed E-state index contributed by atoms with van der Waals surface area (Å²) in [6, 6.07) is 16.7. The zero-order chi connectivity index (χ0) is 24.0. The highest BCUT2D eigenvalue weighted by atomic mass is 32.2. The van der Waals surface area contributed by atoms with Gasteiger partial charge in [0.25, 0.3) is 10.0 Å². The fourth-order valence-electron chi connectivity index (χ4n) is 3.24. The van der Waals surface area contributed by atoms with Crippen LogP contribution in [0.2, 0.25) is 0 Å². The van der Waals surface area contributed by atoms with Crippen molar-refractivity contribution in [1.29, 1.82) is 0 Å². The zero-order valence-electron chi connectivity index (χ0n) is 17.6. The third kappa shape index (κ3) is 5.74. The summed E-state index contributed by atoms with van der Waals surface area (Å²) in [5.74, 6) is -0.588. The molecule has 0 spiro atoms. The van der Waals surface area contributed by atoms with Gasteiger partial charge in [-0.25, -0.2) is 17.9 Å². The van der Waals surface area contributed by atoms with E-state index in [4.69, 9.17) is 10.5 Å². The van der Waals surface area contributed by atoms with E-state index in [-0.39, 0.29) is 28.2 Å². The Kier molecular flexibility index (Phi) is 7.09. The van der Waals surface area contributed by atoms with Gasteiger partial charge in [0.2, 0.25) is 5.91 Å². The third-order valence-corrected chi connectivity index (χ3v) is 5.98. The summed E-state index contributed by atoms with van der Waals surface area (Å²) in [5.41, 5.74) is 6.86. The third-order valence-electron chi connectivity index (χ3n) is 4.63. The van der Waals surface area contributed by atoms with Gasteiger partial charge < -0.3 is 15.8 Å². The number of primary amides is 1. The van der Waals surface area contributed by atoms with Gasteiger partial charge in [-0.1, -0.05) is 42.5 Å². The van der Waals surface area contributed by atoms with Crippen molar-refractivity contribution in [2.24, 2.45) is 5.73 Å². The van der Waals surface area contributed by atoms with Crippen molar-refractivity contribution in [3.8, 4) is 16.9 Å². The molecule has 0 fully saturated rings. The summed E-state index contributed by atoms with van der Waals surface area (Å²) in [6.45, 7) is 0. The van der Waals surface area contributed by atoms with Crippen LogP contribution >= 0.6 is 0 Å². The number of hydrogen-bond donors (Lipinski definition) is 3. The number of aldehydes is 1. The van der Waals surface area contributed by atoms with Crippen LogP contribution in [0.3, 0.4) is 0 Å². The first-order chi connectivity index (χ1) is 15.7. The van der Waals surface area contributed by atoms with Gasteiger partial charge in [0, 0.05) is 11.3 Å². The number of sulfonamides is 1. The molecule has 0 bridgehead atoms. The topological polar surface area (TPSA) is 145 Å². The lowest BCUT2D eigenvalue weighted by molar-refractivity contribution is -0.118. The molecule has 170 valence electrons. The number of hydrogen-bond acceptors (Lipinski definition) is 6. The highest BCUT2D eigenvalue weighted by Crippen LogP contribution is 2.36.